The topological polar surface area (TPSA) is 358 Å². The predicted octanol–water partition coefficient (Wildman–Crippen LogP) is 3.19. The number of benzene rings is 4. The third-order valence-corrected chi connectivity index (χ3v) is 16.5. The number of halogens is 1. The molecule has 7 amide bonds. The second-order valence-corrected chi connectivity index (χ2v) is 24.6. The zero-order valence-electron chi connectivity index (χ0n) is 49.1. The normalized spacial score (nSPS) is 14.0. The first-order chi connectivity index (χ1) is 40.4. The fourth-order valence-electron chi connectivity index (χ4n) is 9.58. The van der Waals surface area contributed by atoms with Crippen molar-refractivity contribution in [3.8, 4) is 5.75 Å². The number of carbonyl (C=O) groups excluding carboxylic acids is 8. The second kappa shape index (κ2) is 33.5. The fraction of sp³-hybridized carbons (Fsp3) is 0.467. The highest BCUT2D eigenvalue weighted by Crippen LogP contribution is 2.30. The molecule has 462 valence electrons. The van der Waals surface area contributed by atoms with E-state index in [9.17, 15) is 51.9 Å². The van der Waals surface area contributed by atoms with Crippen LogP contribution in [0.25, 0.3) is 21.7 Å². The van der Waals surface area contributed by atoms with Gasteiger partial charge in [-0.1, -0.05) is 88.7 Å². The molecule has 0 saturated heterocycles. The summed E-state index contributed by atoms with van der Waals surface area (Å²) >= 11 is 1.56. The number of para-hydroxylation sites is 1. The molecule has 0 bridgehead atoms. The van der Waals surface area contributed by atoms with Gasteiger partial charge in [0.25, 0.3) is 0 Å². The molecule has 1 unspecified atom stereocenters. The highest BCUT2D eigenvalue weighted by molar-refractivity contribution is 14.1. The van der Waals surface area contributed by atoms with E-state index in [1.54, 1.807) is 86.0 Å². The van der Waals surface area contributed by atoms with E-state index in [0.717, 1.165) is 22.0 Å². The van der Waals surface area contributed by atoms with E-state index in [1.165, 1.54) is 12.1 Å². The van der Waals surface area contributed by atoms with Crippen molar-refractivity contribution in [2.24, 2.45) is 23.3 Å². The van der Waals surface area contributed by atoms with Crippen LogP contribution in [-0.2, 0) is 61.2 Å². The Hall–Kier alpha value is -7.20. The van der Waals surface area contributed by atoms with Gasteiger partial charge in [0.1, 0.15) is 36.0 Å². The quantitative estimate of drug-likeness (QED) is 0.0158. The molecule has 0 saturated carbocycles. The van der Waals surface area contributed by atoms with Crippen LogP contribution in [0.1, 0.15) is 90.2 Å². The minimum absolute atomic E-state index is 0.00876. The second-order valence-electron chi connectivity index (χ2n) is 21.7. The summed E-state index contributed by atoms with van der Waals surface area (Å²) in [5.41, 5.74) is 15.1. The highest BCUT2D eigenvalue weighted by atomic mass is 127. The Kier molecular flexibility index (Phi) is 27.0. The van der Waals surface area contributed by atoms with Crippen molar-refractivity contribution in [1.29, 1.82) is 0 Å². The van der Waals surface area contributed by atoms with Crippen LogP contribution in [0.3, 0.4) is 0 Å². The van der Waals surface area contributed by atoms with Crippen molar-refractivity contribution < 1.29 is 51.9 Å². The smallest absolute Gasteiger partial charge is 0.243 e. The number of aromatic amines is 1. The van der Waals surface area contributed by atoms with Crippen molar-refractivity contribution in [2.45, 2.75) is 133 Å². The number of carbonyl (C=O) groups is 8. The summed E-state index contributed by atoms with van der Waals surface area (Å²) in [4.78, 5) is 115. The van der Waals surface area contributed by atoms with Crippen LogP contribution in [0.2, 0.25) is 0 Å². The Bertz CT molecular complexity index is 3210. The number of aromatic nitrogens is 1. The van der Waals surface area contributed by atoms with Gasteiger partial charge >= 0.3 is 0 Å². The third kappa shape index (κ3) is 20.8. The van der Waals surface area contributed by atoms with Crippen molar-refractivity contribution in [2.75, 3.05) is 45.2 Å². The zero-order chi connectivity index (χ0) is 62.4. The summed E-state index contributed by atoms with van der Waals surface area (Å²) in [6.07, 6.45) is 3.25. The number of H-pyrrole nitrogens is 1. The SMILES string of the molecule is CCC(C)[C@H](NC(=O)[C@@H](NC(=O)[C@H](CCCCN)NC(=O)[C@H](Cc1c[nH]c2ccccc12)NC(=O)[C@H](CCC(=O)NCCCCNS(=O)(=O)c1cccc2c(N(C)C)cccc12)NC(=O)[C@@H](N)Cc1ccc(O)cc1)C(C)C)C(=O)NCC(=O)I. The maximum absolute atomic E-state index is 14.8. The molecule has 0 radical (unpaired) electrons. The van der Waals surface area contributed by atoms with Gasteiger partial charge in [0.05, 0.1) is 17.5 Å². The van der Waals surface area contributed by atoms with Crippen LogP contribution >= 0.6 is 22.6 Å². The van der Waals surface area contributed by atoms with Crippen molar-refractivity contribution in [1.82, 2.24) is 46.9 Å². The number of phenols is 1. The number of sulfonamides is 1. The first-order valence-corrected chi connectivity index (χ1v) is 31.2. The molecule has 14 N–H and O–H groups in total. The number of hydrogen-bond donors (Lipinski definition) is 12. The Labute approximate surface area is 510 Å². The number of fused-ring (bicyclic) bond motifs is 2. The van der Waals surface area contributed by atoms with E-state index in [2.05, 4.69) is 46.9 Å². The van der Waals surface area contributed by atoms with Crippen LogP contribution in [-0.4, -0.2) is 140 Å². The number of amides is 7. The lowest BCUT2D eigenvalue weighted by Gasteiger charge is -2.30. The molecule has 5 rings (SSSR count). The van der Waals surface area contributed by atoms with E-state index < -0.39 is 93.5 Å². The zero-order valence-corrected chi connectivity index (χ0v) is 52.1. The van der Waals surface area contributed by atoms with Gasteiger partial charge in [-0.05, 0) is 105 Å². The number of hydrogen-bond acceptors (Lipinski definition) is 14. The van der Waals surface area contributed by atoms with Gasteiger partial charge in [0, 0.05) is 96.2 Å². The summed E-state index contributed by atoms with van der Waals surface area (Å²) < 4.78 is 29.3. The number of nitrogens with two attached hydrogens (primary N) is 2. The summed E-state index contributed by atoms with van der Waals surface area (Å²) in [7, 11) is -0.134. The number of rotatable bonds is 35. The molecule has 0 aliphatic carbocycles. The van der Waals surface area contributed by atoms with E-state index >= 15 is 0 Å². The van der Waals surface area contributed by atoms with Crippen LogP contribution in [0.5, 0.6) is 5.75 Å². The average molecular weight is 1310 g/mol. The van der Waals surface area contributed by atoms with E-state index in [4.69, 9.17) is 11.5 Å². The van der Waals surface area contributed by atoms with Crippen LogP contribution in [0, 0.1) is 11.8 Å². The number of nitrogens with zero attached hydrogens (tertiary/aromatic N) is 1. The number of nitrogens with one attached hydrogen (secondary N) is 9. The molecule has 1 heterocycles. The van der Waals surface area contributed by atoms with Gasteiger partial charge in [-0.2, -0.15) is 0 Å². The summed E-state index contributed by atoms with van der Waals surface area (Å²) in [5.74, 6) is -5.67. The Morgan fingerprint density at radius 2 is 1.26 bits per heavy atom. The number of anilines is 1. The lowest BCUT2D eigenvalue weighted by molar-refractivity contribution is -0.136. The molecule has 0 aliphatic rings. The van der Waals surface area contributed by atoms with Gasteiger partial charge in [-0.3, -0.25) is 38.4 Å². The molecular formula is C60H83IN12O11S. The Balaban J connectivity index is 1.34. The van der Waals surface area contributed by atoms with Gasteiger partial charge in [-0.15, -0.1) is 0 Å². The lowest BCUT2D eigenvalue weighted by Crippen LogP contribution is -2.61. The van der Waals surface area contributed by atoms with Crippen molar-refractivity contribution in [3.05, 3.63) is 102 Å². The number of aromatic hydroxyl groups is 1. The maximum atomic E-state index is 14.8. The number of phenolic OH excluding ortho intramolecular Hbond substituents is 1. The molecule has 85 heavy (non-hydrogen) atoms. The molecule has 7 atom stereocenters. The third-order valence-electron chi connectivity index (χ3n) is 14.6. The molecule has 5 aromatic rings. The van der Waals surface area contributed by atoms with Crippen molar-refractivity contribution >= 4 is 105 Å². The Morgan fingerprint density at radius 1 is 0.647 bits per heavy atom. The number of unbranched alkanes of at least 4 members (excludes halogenated alkanes) is 2. The summed E-state index contributed by atoms with van der Waals surface area (Å²) in [6, 6.07) is 16.4. The molecule has 1 aromatic heterocycles. The van der Waals surface area contributed by atoms with Crippen LogP contribution < -0.4 is 58.3 Å². The summed E-state index contributed by atoms with van der Waals surface area (Å²) in [5, 5.41) is 31.1. The minimum Gasteiger partial charge on any atom is -0.508 e. The van der Waals surface area contributed by atoms with Gasteiger partial charge in [0.2, 0.25) is 55.2 Å². The molecule has 0 fully saturated rings. The molecule has 25 heteroatoms. The largest absolute Gasteiger partial charge is 0.508 e. The van der Waals surface area contributed by atoms with Gasteiger partial charge in [-0.25, -0.2) is 13.1 Å². The molecule has 0 spiro atoms. The van der Waals surface area contributed by atoms with E-state index in [-0.39, 0.29) is 78.6 Å². The van der Waals surface area contributed by atoms with Crippen molar-refractivity contribution in [3.63, 3.8) is 0 Å². The molecule has 23 nitrogen and oxygen atoms in total. The van der Waals surface area contributed by atoms with Crippen LogP contribution in [0.4, 0.5) is 5.69 Å². The Morgan fingerprint density at radius 3 is 1.94 bits per heavy atom. The van der Waals surface area contributed by atoms with Crippen LogP contribution in [0.15, 0.2) is 96.0 Å². The monoisotopic (exact) mass is 1310 g/mol. The average Bonchev–Trinajstić information content (AvgIpc) is 4.08. The minimum atomic E-state index is -3.90. The standard InChI is InChI=1S/C60H83IN12O11S/c1-7-37(4)54(59(81)66-35-51(61)75)72-60(82)53(36(2)3)71-57(79)46(20-10-11-29-62)69-58(80)48(33-39-34-65-45-19-9-8-16-41(39)45)70-56(78)47(68-55(77)44(63)32-38-23-25-40(74)26-24-38)27-28-52(76)64-30-12-13-31-67-85(83,84)50-22-15-17-42-43(50)18-14-21-49(42)73(5)6/h8-9,14-19,21-26,34,36-37,44,46-48,53-54,65,67,74H,7,10-13,20,27-33,35,62-63H2,1-6H3,(H,64,76)(H,66,81)(H,68,77)(H,69,80)(H,70,78)(H,71,79)(H,72,82)/t37?,44-,46-,47-,48-,53-,54-/m0/s1. The van der Waals surface area contributed by atoms with Gasteiger partial charge in [0.15, 0.2) is 0 Å². The fourth-order valence-corrected chi connectivity index (χ4v) is 11.1. The highest BCUT2D eigenvalue weighted by Gasteiger charge is 2.35. The maximum Gasteiger partial charge on any atom is 0.243 e. The van der Waals surface area contributed by atoms with E-state index in [1.807, 2.05) is 62.3 Å². The molecule has 0 aliphatic heterocycles. The van der Waals surface area contributed by atoms with E-state index in [0.29, 0.717) is 48.6 Å². The summed E-state index contributed by atoms with van der Waals surface area (Å²) in [6.45, 7) is 7.31. The van der Waals surface area contributed by atoms with Gasteiger partial charge < -0.3 is 63.7 Å². The lowest BCUT2D eigenvalue weighted by atomic mass is 9.96. The molecular weight excluding hydrogens is 1220 g/mol. The first kappa shape index (κ1) is 68.6. The first-order valence-electron chi connectivity index (χ1n) is 28.7. The predicted molar refractivity (Wildman–Crippen MR) is 336 cm³/mol. The molecule has 4 aromatic carbocycles.